The Morgan fingerprint density at radius 1 is 1.11 bits per heavy atom. The largest absolute Gasteiger partial charge is 0.497 e. The number of nitrogens with zero attached hydrogens (tertiary/aromatic N) is 2. The van der Waals surface area contributed by atoms with E-state index in [0.29, 0.717) is 23.2 Å². The molecule has 1 aromatic heterocycles. The van der Waals surface area contributed by atoms with Crippen molar-refractivity contribution in [3.05, 3.63) is 60.0 Å². The first-order valence-corrected chi connectivity index (χ1v) is 8.45. The molecule has 1 heterocycles. The van der Waals surface area contributed by atoms with E-state index in [1.807, 2.05) is 0 Å². The molecule has 28 heavy (non-hydrogen) atoms. The van der Waals surface area contributed by atoms with Gasteiger partial charge in [-0.15, -0.1) is 0 Å². The van der Waals surface area contributed by atoms with Gasteiger partial charge < -0.3 is 19.9 Å². The van der Waals surface area contributed by atoms with Gasteiger partial charge in [-0.25, -0.2) is 0 Å². The van der Waals surface area contributed by atoms with E-state index >= 15 is 0 Å². The van der Waals surface area contributed by atoms with Crippen molar-refractivity contribution in [2.75, 3.05) is 12.4 Å². The van der Waals surface area contributed by atoms with Crippen LogP contribution >= 0.6 is 12.2 Å². The van der Waals surface area contributed by atoms with Crippen LogP contribution in [0.15, 0.2) is 53.1 Å². The molecule has 0 spiro atoms. The molecule has 10 heteroatoms. The van der Waals surface area contributed by atoms with Crippen LogP contribution in [0.5, 0.6) is 5.75 Å². The van der Waals surface area contributed by atoms with Crippen molar-refractivity contribution in [2.24, 2.45) is 0 Å². The average molecular weight is 408 g/mol. The van der Waals surface area contributed by atoms with Gasteiger partial charge in [-0.3, -0.25) is 0 Å². The highest BCUT2D eigenvalue weighted by Crippen LogP contribution is 2.29. The first-order chi connectivity index (χ1) is 13.3. The fourth-order valence-corrected chi connectivity index (χ4v) is 2.45. The molecule has 0 amide bonds. The molecule has 0 atom stereocenters. The van der Waals surface area contributed by atoms with Gasteiger partial charge in [-0.05, 0) is 60.7 Å². The molecule has 3 rings (SSSR count). The Morgan fingerprint density at radius 2 is 1.79 bits per heavy atom. The van der Waals surface area contributed by atoms with E-state index in [4.69, 9.17) is 21.5 Å². The number of hydrogen-bond acceptors (Lipinski definition) is 5. The number of anilines is 1. The summed E-state index contributed by atoms with van der Waals surface area (Å²) in [4.78, 5) is 4.26. The molecular weight excluding hydrogens is 393 g/mol. The summed E-state index contributed by atoms with van der Waals surface area (Å²) in [7, 11) is 1.58. The summed E-state index contributed by atoms with van der Waals surface area (Å²) in [6.45, 7) is 0.162. The molecule has 0 saturated carbocycles. The number of aromatic nitrogens is 2. The van der Waals surface area contributed by atoms with Crippen LogP contribution in [-0.4, -0.2) is 22.4 Å². The standard InChI is InChI=1S/C18H15F3N4O2S/c1-26-14-8-2-11(3-9-14)16-24-15(27-25-16)10-22-17(28)23-13-6-4-12(5-7-13)18(19,20)21/h2-9H,10H2,1H3,(H2,22,23,28). The van der Waals surface area contributed by atoms with Crippen LogP contribution in [0, 0.1) is 0 Å². The van der Waals surface area contributed by atoms with Gasteiger partial charge in [0.25, 0.3) is 0 Å². The van der Waals surface area contributed by atoms with E-state index < -0.39 is 11.7 Å². The number of benzene rings is 2. The smallest absolute Gasteiger partial charge is 0.416 e. The maximum atomic E-state index is 12.6. The van der Waals surface area contributed by atoms with Crippen molar-refractivity contribution >= 4 is 23.0 Å². The third-order valence-electron chi connectivity index (χ3n) is 3.69. The number of halogens is 3. The first kappa shape index (κ1) is 19.6. The Labute approximate surface area is 163 Å². The van der Waals surface area contributed by atoms with Gasteiger partial charge >= 0.3 is 6.18 Å². The third kappa shape index (κ3) is 4.97. The van der Waals surface area contributed by atoms with Gasteiger partial charge in [-0.2, -0.15) is 18.2 Å². The van der Waals surface area contributed by atoms with Crippen LogP contribution in [0.2, 0.25) is 0 Å². The molecule has 0 aliphatic carbocycles. The monoisotopic (exact) mass is 408 g/mol. The SMILES string of the molecule is COc1ccc(-c2noc(CNC(=S)Nc3ccc(C(F)(F)F)cc3)n2)cc1. The summed E-state index contributed by atoms with van der Waals surface area (Å²) in [6, 6.07) is 11.7. The maximum absolute atomic E-state index is 12.6. The van der Waals surface area contributed by atoms with E-state index in [0.717, 1.165) is 17.7 Å². The lowest BCUT2D eigenvalue weighted by molar-refractivity contribution is -0.137. The van der Waals surface area contributed by atoms with Gasteiger partial charge in [0.2, 0.25) is 11.7 Å². The minimum atomic E-state index is -4.38. The second kappa shape index (κ2) is 8.26. The molecule has 0 saturated heterocycles. The Hall–Kier alpha value is -3.14. The number of rotatable bonds is 5. The predicted molar refractivity (Wildman–Crippen MR) is 101 cm³/mol. The van der Waals surface area contributed by atoms with E-state index in [2.05, 4.69) is 20.8 Å². The van der Waals surface area contributed by atoms with Crippen molar-refractivity contribution in [3.63, 3.8) is 0 Å². The van der Waals surface area contributed by atoms with Crippen LogP contribution in [0.3, 0.4) is 0 Å². The molecule has 0 radical (unpaired) electrons. The minimum absolute atomic E-state index is 0.162. The fourth-order valence-electron chi connectivity index (χ4n) is 2.26. The molecule has 6 nitrogen and oxygen atoms in total. The van der Waals surface area contributed by atoms with Gasteiger partial charge in [0, 0.05) is 11.3 Å². The number of thiocarbonyl (C=S) groups is 1. The Bertz CT molecular complexity index is 941. The zero-order valence-corrected chi connectivity index (χ0v) is 15.4. The van der Waals surface area contributed by atoms with Crippen molar-refractivity contribution in [1.82, 2.24) is 15.5 Å². The van der Waals surface area contributed by atoms with Crippen LogP contribution < -0.4 is 15.4 Å². The maximum Gasteiger partial charge on any atom is 0.416 e. The second-order valence-corrected chi connectivity index (χ2v) is 6.03. The fraction of sp³-hybridized carbons (Fsp3) is 0.167. The number of nitrogens with one attached hydrogen (secondary N) is 2. The summed E-state index contributed by atoms with van der Waals surface area (Å²) in [5.41, 5.74) is 0.463. The van der Waals surface area contributed by atoms with Crippen molar-refractivity contribution < 1.29 is 22.4 Å². The van der Waals surface area contributed by atoms with Gasteiger partial charge in [0.15, 0.2) is 5.11 Å². The first-order valence-electron chi connectivity index (χ1n) is 8.04. The van der Waals surface area contributed by atoms with Crippen molar-refractivity contribution in [1.29, 1.82) is 0 Å². The lowest BCUT2D eigenvalue weighted by Gasteiger charge is -2.10. The lowest BCUT2D eigenvalue weighted by atomic mass is 10.2. The molecular formula is C18H15F3N4O2S. The molecule has 0 aliphatic heterocycles. The highest BCUT2D eigenvalue weighted by atomic mass is 32.1. The van der Waals surface area contributed by atoms with Crippen LogP contribution in [0.4, 0.5) is 18.9 Å². The van der Waals surface area contributed by atoms with E-state index in [1.165, 1.54) is 12.1 Å². The third-order valence-corrected chi connectivity index (χ3v) is 3.93. The molecule has 146 valence electrons. The summed E-state index contributed by atoms with van der Waals surface area (Å²) in [5, 5.41) is 9.76. The minimum Gasteiger partial charge on any atom is -0.497 e. The highest BCUT2D eigenvalue weighted by molar-refractivity contribution is 7.80. The number of hydrogen-bond donors (Lipinski definition) is 2. The van der Waals surface area contributed by atoms with Gasteiger partial charge in [0.1, 0.15) is 5.75 Å². The molecule has 0 unspecified atom stereocenters. The van der Waals surface area contributed by atoms with E-state index in [1.54, 1.807) is 31.4 Å². The van der Waals surface area contributed by atoms with Crippen molar-refractivity contribution in [3.8, 4) is 17.1 Å². The van der Waals surface area contributed by atoms with Gasteiger partial charge in [0.05, 0.1) is 19.2 Å². The number of ether oxygens (including phenoxy) is 1. The average Bonchev–Trinajstić information content (AvgIpc) is 3.15. The lowest BCUT2D eigenvalue weighted by Crippen LogP contribution is -2.28. The molecule has 2 aromatic carbocycles. The molecule has 3 aromatic rings. The van der Waals surface area contributed by atoms with Crippen LogP contribution in [0.25, 0.3) is 11.4 Å². The van der Waals surface area contributed by atoms with Gasteiger partial charge in [-0.1, -0.05) is 5.16 Å². The predicted octanol–water partition coefficient (Wildman–Crippen LogP) is 4.25. The summed E-state index contributed by atoms with van der Waals surface area (Å²) in [5.74, 6) is 1.44. The zero-order chi connectivity index (χ0) is 20.1. The molecule has 0 aliphatic rings. The second-order valence-electron chi connectivity index (χ2n) is 5.62. The summed E-state index contributed by atoms with van der Waals surface area (Å²) >= 11 is 5.12. The topological polar surface area (TPSA) is 72.2 Å². The number of alkyl halides is 3. The Kier molecular flexibility index (Phi) is 5.78. The van der Waals surface area contributed by atoms with Crippen LogP contribution in [-0.2, 0) is 12.7 Å². The quantitative estimate of drug-likeness (QED) is 0.612. The van der Waals surface area contributed by atoms with Crippen molar-refractivity contribution in [2.45, 2.75) is 12.7 Å². The Morgan fingerprint density at radius 3 is 2.39 bits per heavy atom. The molecule has 0 bridgehead atoms. The zero-order valence-electron chi connectivity index (χ0n) is 14.6. The van der Waals surface area contributed by atoms with Crippen LogP contribution in [0.1, 0.15) is 11.5 Å². The number of methoxy groups -OCH3 is 1. The summed E-state index contributed by atoms with van der Waals surface area (Å²) < 4.78 is 48.0. The normalized spacial score (nSPS) is 11.1. The molecule has 2 N–H and O–H groups in total. The summed E-state index contributed by atoms with van der Waals surface area (Å²) in [6.07, 6.45) is -4.38. The Balaban J connectivity index is 1.54. The highest BCUT2D eigenvalue weighted by Gasteiger charge is 2.29. The van der Waals surface area contributed by atoms with E-state index in [-0.39, 0.29) is 11.7 Å². The molecule has 0 fully saturated rings. The van der Waals surface area contributed by atoms with E-state index in [9.17, 15) is 13.2 Å².